The van der Waals surface area contributed by atoms with Gasteiger partial charge in [0, 0.05) is 19.6 Å². The highest BCUT2D eigenvalue weighted by molar-refractivity contribution is 5.35. The minimum atomic E-state index is -0.484. The zero-order chi connectivity index (χ0) is 15.4. The number of hydrogen-bond donors (Lipinski definition) is 1. The fraction of sp³-hybridized carbons (Fsp3) is 0.647. The summed E-state index contributed by atoms with van der Waals surface area (Å²) in [4.78, 5) is 2.25. The molecular weight excluding hydrogens is 266 g/mol. The van der Waals surface area contributed by atoms with Crippen LogP contribution in [0.25, 0.3) is 0 Å². The third kappa shape index (κ3) is 4.99. The molecule has 1 fully saturated rings. The lowest BCUT2D eigenvalue weighted by molar-refractivity contribution is -0.0786. The number of aliphatic hydroxyl groups excluding tert-OH is 1. The van der Waals surface area contributed by atoms with Gasteiger partial charge in [0.15, 0.2) is 0 Å². The monoisotopic (exact) mass is 293 g/mol. The number of morpholine rings is 1. The van der Waals surface area contributed by atoms with Crippen molar-refractivity contribution in [3.8, 4) is 5.75 Å². The molecular formula is C17H27NO3. The van der Waals surface area contributed by atoms with Gasteiger partial charge in [0.1, 0.15) is 18.5 Å². The number of aryl methyl sites for hydroxylation is 2. The molecule has 0 saturated carbocycles. The van der Waals surface area contributed by atoms with E-state index < -0.39 is 6.10 Å². The summed E-state index contributed by atoms with van der Waals surface area (Å²) in [5.74, 6) is 0.859. The van der Waals surface area contributed by atoms with Gasteiger partial charge in [-0.3, -0.25) is 4.90 Å². The molecule has 1 aliphatic rings. The van der Waals surface area contributed by atoms with Gasteiger partial charge in [-0.1, -0.05) is 12.1 Å². The van der Waals surface area contributed by atoms with E-state index in [-0.39, 0.29) is 12.2 Å². The molecule has 2 rings (SSSR count). The van der Waals surface area contributed by atoms with Crippen LogP contribution in [0.1, 0.15) is 25.0 Å². The zero-order valence-electron chi connectivity index (χ0n) is 13.5. The molecule has 1 aromatic rings. The van der Waals surface area contributed by atoms with Crippen LogP contribution in [0.5, 0.6) is 5.75 Å². The first-order valence-corrected chi connectivity index (χ1v) is 7.70. The van der Waals surface area contributed by atoms with E-state index in [0.717, 1.165) is 24.4 Å². The van der Waals surface area contributed by atoms with Crippen LogP contribution in [0.3, 0.4) is 0 Å². The molecule has 0 aliphatic carbocycles. The molecule has 1 saturated heterocycles. The summed E-state index contributed by atoms with van der Waals surface area (Å²) in [6.07, 6.45) is -0.0378. The van der Waals surface area contributed by atoms with Crippen molar-refractivity contribution in [1.82, 2.24) is 4.90 Å². The van der Waals surface area contributed by atoms with Crippen LogP contribution in [-0.4, -0.2) is 54.6 Å². The fourth-order valence-electron chi connectivity index (χ4n) is 2.83. The SMILES string of the molecule is Cc1ccc(C)c(OC[C@H](O)CN2C[C@@H](C)O[C@H](C)C2)c1. The van der Waals surface area contributed by atoms with E-state index in [1.807, 2.05) is 26.0 Å². The van der Waals surface area contributed by atoms with E-state index in [9.17, 15) is 5.11 Å². The number of hydrogen-bond acceptors (Lipinski definition) is 4. The number of benzene rings is 1. The Morgan fingerprint density at radius 2 is 1.95 bits per heavy atom. The lowest BCUT2D eigenvalue weighted by atomic mass is 10.1. The lowest BCUT2D eigenvalue weighted by Gasteiger charge is -2.36. The molecule has 0 amide bonds. The molecule has 4 nitrogen and oxygen atoms in total. The van der Waals surface area contributed by atoms with Crippen LogP contribution in [0.4, 0.5) is 0 Å². The van der Waals surface area contributed by atoms with Gasteiger partial charge >= 0.3 is 0 Å². The normalized spacial score (nSPS) is 24.8. The number of β-amino-alcohol motifs (C(OH)–C–C–N with tert-alkyl or cyclic N) is 1. The summed E-state index contributed by atoms with van der Waals surface area (Å²) in [5, 5.41) is 10.2. The van der Waals surface area contributed by atoms with E-state index in [4.69, 9.17) is 9.47 Å². The van der Waals surface area contributed by atoms with E-state index in [2.05, 4.69) is 24.8 Å². The molecule has 0 radical (unpaired) electrons. The zero-order valence-corrected chi connectivity index (χ0v) is 13.5. The second-order valence-corrected chi connectivity index (χ2v) is 6.21. The van der Waals surface area contributed by atoms with Gasteiger partial charge in [0.25, 0.3) is 0 Å². The number of ether oxygens (including phenoxy) is 2. The average Bonchev–Trinajstić information content (AvgIpc) is 2.38. The van der Waals surface area contributed by atoms with Crippen molar-refractivity contribution >= 4 is 0 Å². The van der Waals surface area contributed by atoms with Gasteiger partial charge in [-0.25, -0.2) is 0 Å². The predicted octanol–water partition coefficient (Wildman–Crippen LogP) is 2.15. The summed E-state index contributed by atoms with van der Waals surface area (Å²) in [7, 11) is 0. The van der Waals surface area contributed by atoms with Crippen LogP contribution < -0.4 is 4.74 Å². The second kappa shape index (κ2) is 7.25. The predicted molar refractivity (Wildman–Crippen MR) is 83.9 cm³/mol. The standard InChI is InChI=1S/C17H27NO3/c1-12-5-6-13(2)17(7-12)20-11-16(19)10-18-8-14(3)21-15(4)9-18/h5-7,14-16,19H,8-11H2,1-4H3/t14-,15-,16-/m1/s1. The van der Waals surface area contributed by atoms with Gasteiger partial charge in [-0.15, -0.1) is 0 Å². The van der Waals surface area contributed by atoms with E-state index >= 15 is 0 Å². The Morgan fingerprint density at radius 1 is 1.29 bits per heavy atom. The molecule has 0 unspecified atom stereocenters. The molecule has 21 heavy (non-hydrogen) atoms. The summed E-state index contributed by atoms with van der Waals surface area (Å²) >= 11 is 0. The topological polar surface area (TPSA) is 41.9 Å². The van der Waals surface area contributed by atoms with Crippen LogP contribution >= 0.6 is 0 Å². The second-order valence-electron chi connectivity index (χ2n) is 6.21. The Bertz CT molecular complexity index is 453. The summed E-state index contributed by atoms with van der Waals surface area (Å²) < 4.78 is 11.5. The molecule has 1 N–H and O–H groups in total. The minimum absolute atomic E-state index is 0.223. The van der Waals surface area contributed by atoms with Gasteiger partial charge in [-0.05, 0) is 44.9 Å². The highest BCUT2D eigenvalue weighted by atomic mass is 16.5. The van der Waals surface area contributed by atoms with Gasteiger partial charge in [0.2, 0.25) is 0 Å². The largest absolute Gasteiger partial charge is 0.491 e. The maximum atomic E-state index is 10.2. The van der Waals surface area contributed by atoms with Crippen molar-refractivity contribution in [2.75, 3.05) is 26.2 Å². The van der Waals surface area contributed by atoms with Crippen LogP contribution in [-0.2, 0) is 4.74 Å². The molecule has 0 spiro atoms. The highest BCUT2D eigenvalue weighted by Crippen LogP contribution is 2.19. The third-order valence-corrected chi connectivity index (χ3v) is 3.74. The van der Waals surface area contributed by atoms with Crippen molar-refractivity contribution in [3.63, 3.8) is 0 Å². The van der Waals surface area contributed by atoms with Crippen molar-refractivity contribution in [3.05, 3.63) is 29.3 Å². The first kappa shape index (κ1) is 16.3. The first-order valence-electron chi connectivity index (χ1n) is 7.70. The van der Waals surface area contributed by atoms with Crippen LogP contribution in [0.15, 0.2) is 18.2 Å². The molecule has 4 heteroatoms. The minimum Gasteiger partial charge on any atom is -0.491 e. The fourth-order valence-corrected chi connectivity index (χ4v) is 2.83. The smallest absolute Gasteiger partial charge is 0.122 e. The maximum absolute atomic E-state index is 10.2. The molecule has 118 valence electrons. The highest BCUT2D eigenvalue weighted by Gasteiger charge is 2.23. The molecule has 1 heterocycles. The van der Waals surface area contributed by atoms with E-state index in [1.54, 1.807) is 0 Å². The van der Waals surface area contributed by atoms with Crippen molar-refractivity contribution in [1.29, 1.82) is 0 Å². The quantitative estimate of drug-likeness (QED) is 0.903. The molecule has 0 bridgehead atoms. The molecule has 0 aromatic heterocycles. The van der Waals surface area contributed by atoms with E-state index in [0.29, 0.717) is 13.2 Å². The summed E-state index contributed by atoms with van der Waals surface area (Å²) in [5.41, 5.74) is 2.27. The van der Waals surface area contributed by atoms with Crippen molar-refractivity contribution in [2.24, 2.45) is 0 Å². The number of aliphatic hydroxyl groups is 1. The Labute approximate surface area is 127 Å². The van der Waals surface area contributed by atoms with Gasteiger partial charge in [0.05, 0.1) is 12.2 Å². The Morgan fingerprint density at radius 3 is 2.62 bits per heavy atom. The molecule has 3 atom stereocenters. The number of rotatable bonds is 5. The van der Waals surface area contributed by atoms with Crippen LogP contribution in [0.2, 0.25) is 0 Å². The third-order valence-electron chi connectivity index (χ3n) is 3.74. The van der Waals surface area contributed by atoms with Crippen molar-refractivity contribution < 1.29 is 14.6 Å². The lowest BCUT2D eigenvalue weighted by Crippen LogP contribution is -2.48. The maximum Gasteiger partial charge on any atom is 0.122 e. The number of nitrogens with zero attached hydrogens (tertiary/aromatic N) is 1. The van der Waals surface area contributed by atoms with Crippen LogP contribution in [0, 0.1) is 13.8 Å². The summed E-state index contributed by atoms with van der Waals surface area (Å²) in [6.45, 7) is 10.9. The Hall–Kier alpha value is -1.10. The Kier molecular flexibility index (Phi) is 5.62. The molecule has 1 aromatic carbocycles. The van der Waals surface area contributed by atoms with Gasteiger partial charge in [-0.2, -0.15) is 0 Å². The molecule has 1 aliphatic heterocycles. The first-order chi connectivity index (χ1) is 9.94. The van der Waals surface area contributed by atoms with Gasteiger partial charge < -0.3 is 14.6 Å². The van der Waals surface area contributed by atoms with E-state index in [1.165, 1.54) is 5.56 Å². The average molecular weight is 293 g/mol. The van der Waals surface area contributed by atoms with Crippen molar-refractivity contribution in [2.45, 2.75) is 46.0 Å². The summed E-state index contributed by atoms with van der Waals surface area (Å²) in [6, 6.07) is 6.12. The Balaban J connectivity index is 1.81.